The van der Waals surface area contributed by atoms with Gasteiger partial charge in [-0.05, 0) is 37.1 Å². The summed E-state index contributed by atoms with van der Waals surface area (Å²) in [5.41, 5.74) is 2.69. The van der Waals surface area contributed by atoms with Crippen molar-refractivity contribution in [1.29, 1.82) is 0 Å². The summed E-state index contributed by atoms with van der Waals surface area (Å²) in [6.45, 7) is 3.67. The summed E-state index contributed by atoms with van der Waals surface area (Å²) in [6, 6.07) is 8.05. The number of nitrogens with one attached hydrogen (secondary N) is 2. The number of halogens is 1. The van der Waals surface area contributed by atoms with E-state index in [1.54, 1.807) is 24.3 Å². The van der Waals surface area contributed by atoms with Crippen molar-refractivity contribution in [3.8, 4) is 0 Å². The average molecular weight is 321 g/mol. The van der Waals surface area contributed by atoms with Gasteiger partial charge in [0.2, 0.25) is 0 Å². The highest BCUT2D eigenvalue weighted by atomic mass is 35.5. The fraction of sp³-hybridized carbons (Fsp3) is 0.250. The van der Waals surface area contributed by atoms with Gasteiger partial charge in [-0.2, -0.15) is 0 Å². The lowest BCUT2D eigenvalue weighted by atomic mass is 10.0. The van der Waals surface area contributed by atoms with Gasteiger partial charge in [-0.1, -0.05) is 29.8 Å². The van der Waals surface area contributed by atoms with Crippen molar-refractivity contribution in [2.45, 2.75) is 26.3 Å². The summed E-state index contributed by atoms with van der Waals surface area (Å²) in [5, 5.41) is 12.2. The van der Waals surface area contributed by atoms with Gasteiger partial charge >= 0.3 is 5.97 Å². The first kappa shape index (κ1) is 16.1. The van der Waals surface area contributed by atoms with Crippen LogP contribution in [-0.4, -0.2) is 22.0 Å². The van der Waals surface area contributed by atoms with Gasteiger partial charge in [-0.15, -0.1) is 0 Å². The van der Waals surface area contributed by atoms with Crippen LogP contribution in [0, 0.1) is 13.8 Å². The largest absolute Gasteiger partial charge is 0.481 e. The van der Waals surface area contributed by atoms with Crippen molar-refractivity contribution in [2.24, 2.45) is 0 Å². The molecule has 2 rings (SSSR count). The van der Waals surface area contributed by atoms with Crippen LogP contribution in [0.1, 0.15) is 39.8 Å². The Morgan fingerprint density at radius 1 is 1.32 bits per heavy atom. The molecule has 0 fully saturated rings. The number of benzene rings is 1. The Balaban J connectivity index is 2.27. The molecule has 0 saturated carbocycles. The second kappa shape index (κ2) is 6.66. The zero-order chi connectivity index (χ0) is 16.3. The lowest BCUT2D eigenvalue weighted by molar-refractivity contribution is -0.137. The normalized spacial score (nSPS) is 12.0. The summed E-state index contributed by atoms with van der Waals surface area (Å²) in [6.07, 6.45) is -0.242. The Morgan fingerprint density at radius 3 is 2.55 bits per heavy atom. The molecule has 6 heteroatoms. The fourth-order valence-electron chi connectivity index (χ4n) is 2.37. The standard InChI is InChI=1S/C16H17ClN2O3/c1-9-7-10(2)18-15(9)16(22)19-13(8-14(20)21)11-5-3-4-6-12(11)17/h3-7,13,18H,8H2,1-2H3,(H,19,22)(H,20,21)/t13-/m0/s1. The number of amides is 1. The van der Waals surface area contributed by atoms with Gasteiger partial charge in [0.15, 0.2) is 0 Å². The van der Waals surface area contributed by atoms with E-state index in [0.717, 1.165) is 11.3 Å². The molecule has 1 aromatic heterocycles. The molecule has 0 spiro atoms. The van der Waals surface area contributed by atoms with E-state index in [9.17, 15) is 9.59 Å². The lowest BCUT2D eigenvalue weighted by Crippen LogP contribution is -2.31. The van der Waals surface area contributed by atoms with E-state index >= 15 is 0 Å². The van der Waals surface area contributed by atoms with Crippen LogP contribution in [0.4, 0.5) is 0 Å². The molecular weight excluding hydrogens is 304 g/mol. The first-order valence-electron chi connectivity index (χ1n) is 6.81. The Bertz CT molecular complexity index is 709. The first-order valence-corrected chi connectivity index (χ1v) is 7.19. The number of aryl methyl sites for hydroxylation is 2. The van der Waals surface area contributed by atoms with E-state index in [4.69, 9.17) is 16.7 Å². The molecule has 0 aliphatic carbocycles. The molecule has 0 bridgehead atoms. The number of carbonyl (C=O) groups is 2. The SMILES string of the molecule is Cc1cc(C)c(C(=O)N[C@@H](CC(=O)O)c2ccccc2Cl)[nH]1. The summed E-state index contributed by atoms with van der Waals surface area (Å²) < 4.78 is 0. The van der Waals surface area contributed by atoms with Crippen molar-refractivity contribution in [2.75, 3.05) is 0 Å². The molecule has 0 saturated heterocycles. The zero-order valence-electron chi connectivity index (χ0n) is 12.3. The average Bonchev–Trinajstić information content (AvgIpc) is 2.77. The molecule has 1 heterocycles. The monoisotopic (exact) mass is 320 g/mol. The summed E-state index contributed by atoms with van der Waals surface area (Å²) in [5.74, 6) is -1.36. The molecule has 0 aliphatic heterocycles. The quantitative estimate of drug-likeness (QED) is 0.791. The number of H-pyrrole nitrogens is 1. The van der Waals surface area contributed by atoms with Crippen molar-refractivity contribution in [3.05, 3.63) is 57.9 Å². The number of carbonyl (C=O) groups excluding carboxylic acids is 1. The number of carboxylic acids is 1. The van der Waals surface area contributed by atoms with Crippen LogP contribution in [0.15, 0.2) is 30.3 Å². The molecule has 116 valence electrons. The van der Waals surface area contributed by atoms with Gasteiger partial charge in [-0.3, -0.25) is 9.59 Å². The number of carboxylic acid groups (broad SMARTS) is 1. The van der Waals surface area contributed by atoms with Crippen LogP contribution in [0.2, 0.25) is 5.02 Å². The second-order valence-corrected chi connectivity index (χ2v) is 5.56. The number of hydrogen-bond acceptors (Lipinski definition) is 2. The predicted molar refractivity (Wildman–Crippen MR) is 84.2 cm³/mol. The predicted octanol–water partition coefficient (Wildman–Crippen LogP) is 3.23. The molecule has 1 amide bonds. The number of hydrogen-bond donors (Lipinski definition) is 3. The maximum atomic E-state index is 12.4. The van der Waals surface area contributed by atoms with Gasteiger partial charge in [0.05, 0.1) is 12.5 Å². The number of rotatable bonds is 5. The smallest absolute Gasteiger partial charge is 0.305 e. The lowest BCUT2D eigenvalue weighted by Gasteiger charge is -2.18. The van der Waals surface area contributed by atoms with Gasteiger partial charge in [0.1, 0.15) is 5.69 Å². The molecule has 5 nitrogen and oxygen atoms in total. The molecular formula is C16H17ClN2O3. The third-order valence-corrected chi connectivity index (χ3v) is 3.69. The first-order chi connectivity index (χ1) is 10.4. The Kier molecular flexibility index (Phi) is 4.88. The van der Waals surface area contributed by atoms with E-state index in [1.807, 2.05) is 19.9 Å². The topological polar surface area (TPSA) is 82.2 Å². The van der Waals surface area contributed by atoms with Crippen molar-refractivity contribution >= 4 is 23.5 Å². The van der Waals surface area contributed by atoms with Crippen LogP contribution >= 0.6 is 11.6 Å². The van der Waals surface area contributed by atoms with E-state index in [-0.39, 0.29) is 12.3 Å². The number of aromatic amines is 1. The molecule has 0 radical (unpaired) electrons. The van der Waals surface area contributed by atoms with Crippen molar-refractivity contribution in [3.63, 3.8) is 0 Å². The van der Waals surface area contributed by atoms with Gasteiger partial charge in [-0.25, -0.2) is 0 Å². The summed E-state index contributed by atoms with van der Waals surface area (Å²) in [4.78, 5) is 26.4. The number of aliphatic carboxylic acids is 1. The van der Waals surface area contributed by atoms with Crippen LogP contribution in [0.3, 0.4) is 0 Å². The van der Waals surface area contributed by atoms with Gasteiger partial charge in [0, 0.05) is 10.7 Å². The molecule has 1 aromatic carbocycles. The van der Waals surface area contributed by atoms with Crippen LogP contribution in [0.25, 0.3) is 0 Å². The van der Waals surface area contributed by atoms with Crippen LogP contribution in [0.5, 0.6) is 0 Å². The van der Waals surface area contributed by atoms with E-state index < -0.39 is 12.0 Å². The molecule has 3 N–H and O–H groups in total. The molecule has 0 aliphatic rings. The molecule has 22 heavy (non-hydrogen) atoms. The van der Waals surface area contributed by atoms with Gasteiger partial charge < -0.3 is 15.4 Å². The summed E-state index contributed by atoms with van der Waals surface area (Å²) in [7, 11) is 0. The molecule has 2 aromatic rings. The minimum Gasteiger partial charge on any atom is -0.481 e. The minimum absolute atomic E-state index is 0.242. The highest BCUT2D eigenvalue weighted by molar-refractivity contribution is 6.31. The highest BCUT2D eigenvalue weighted by Crippen LogP contribution is 2.25. The minimum atomic E-state index is -1.01. The maximum Gasteiger partial charge on any atom is 0.305 e. The third-order valence-electron chi connectivity index (χ3n) is 3.34. The van der Waals surface area contributed by atoms with Gasteiger partial charge in [0.25, 0.3) is 5.91 Å². The Hall–Kier alpha value is -2.27. The zero-order valence-corrected chi connectivity index (χ0v) is 13.1. The molecule has 1 atom stereocenters. The number of aromatic nitrogens is 1. The summed E-state index contributed by atoms with van der Waals surface area (Å²) >= 11 is 6.12. The van der Waals surface area contributed by atoms with Crippen molar-refractivity contribution in [1.82, 2.24) is 10.3 Å². The Morgan fingerprint density at radius 2 is 2.00 bits per heavy atom. The highest BCUT2D eigenvalue weighted by Gasteiger charge is 2.22. The van der Waals surface area contributed by atoms with E-state index in [1.165, 1.54) is 0 Å². The van der Waals surface area contributed by atoms with Crippen LogP contribution in [-0.2, 0) is 4.79 Å². The second-order valence-electron chi connectivity index (χ2n) is 5.16. The van der Waals surface area contributed by atoms with Crippen LogP contribution < -0.4 is 5.32 Å². The van der Waals surface area contributed by atoms with Crippen molar-refractivity contribution < 1.29 is 14.7 Å². The maximum absolute atomic E-state index is 12.4. The Labute approximate surface area is 133 Å². The third kappa shape index (κ3) is 3.68. The van der Waals surface area contributed by atoms with E-state index in [2.05, 4.69) is 10.3 Å². The molecule has 0 unspecified atom stereocenters. The fourth-order valence-corrected chi connectivity index (χ4v) is 2.63. The van der Waals surface area contributed by atoms with E-state index in [0.29, 0.717) is 16.3 Å².